The molecule has 122 valence electrons. The fourth-order valence-electron chi connectivity index (χ4n) is 7.08. The van der Waals surface area contributed by atoms with Crippen molar-refractivity contribution in [3.05, 3.63) is 0 Å². The molecule has 0 heterocycles. The van der Waals surface area contributed by atoms with Gasteiger partial charge in [0.25, 0.3) is 0 Å². The van der Waals surface area contributed by atoms with Gasteiger partial charge in [-0.1, -0.05) is 12.8 Å². The highest BCUT2D eigenvalue weighted by Crippen LogP contribution is 2.65. The first-order valence-electron chi connectivity index (χ1n) is 9.37. The number of fused-ring (bicyclic) bond motifs is 5. The molecule has 8 atom stereocenters. The van der Waals surface area contributed by atoms with Gasteiger partial charge in [0.1, 0.15) is 5.60 Å². The fourth-order valence-corrected chi connectivity index (χ4v) is 7.08. The Morgan fingerprint density at radius 1 is 0.955 bits per heavy atom. The second-order valence-corrected chi connectivity index (χ2v) is 8.90. The molecule has 2 N–H and O–H groups in total. The topological polar surface area (TPSA) is 40.5 Å². The molecule has 4 aliphatic rings. The zero-order valence-electron chi connectivity index (χ0n) is 13.8. The third-order valence-corrected chi connectivity index (χ3v) is 8.32. The van der Waals surface area contributed by atoms with Crippen molar-refractivity contribution < 1.29 is 10.2 Å². The fraction of sp³-hybridized carbons (Fsp3) is 0.900. The summed E-state index contributed by atoms with van der Waals surface area (Å²) in [7, 11) is 0. The van der Waals surface area contributed by atoms with E-state index < -0.39 is 5.60 Å². The average Bonchev–Trinajstić information content (AvgIpc) is 2.79. The number of rotatable bonds is 0. The van der Waals surface area contributed by atoms with Gasteiger partial charge in [0.15, 0.2) is 0 Å². The van der Waals surface area contributed by atoms with E-state index in [0.717, 1.165) is 55.8 Å². The minimum atomic E-state index is -0.873. The van der Waals surface area contributed by atoms with Crippen LogP contribution in [0.5, 0.6) is 0 Å². The lowest BCUT2D eigenvalue weighted by Gasteiger charge is -2.56. The molecule has 2 nitrogen and oxygen atoms in total. The quantitative estimate of drug-likeness (QED) is 0.674. The van der Waals surface area contributed by atoms with Crippen molar-refractivity contribution in [1.82, 2.24) is 0 Å². The summed E-state index contributed by atoms with van der Waals surface area (Å²) in [5, 5.41) is 20.9. The lowest BCUT2D eigenvalue weighted by molar-refractivity contribution is -0.111. The van der Waals surface area contributed by atoms with E-state index in [4.69, 9.17) is 6.42 Å². The third kappa shape index (κ3) is 1.88. The highest BCUT2D eigenvalue weighted by atomic mass is 16.3. The minimum Gasteiger partial charge on any atom is -0.393 e. The number of hydrogen-bond donors (Lipinski definition) is 2. The lowest BCUT2D eigenvalue weighted by atomic mass is 9.49. The highest BCUT2D eigenvalue weighted by Gasteiger charge is 2.62. The molecule has 1 unspecified atom stereocenters. The van der Waals surface area contributed by atoms with Crippen LogP contribution in [0.3, 0.4) is 0 Å². The predicted molar refractivity (Wildman–Crippen MR) is 86.9 cm³/mol. The maximum atomic E-state index is 10.9. The van der Waals surface area contributed by atoms with E-state index in [9.17, 15) is 10.2 Å². The van der Waals surface area contributed by atoms with Crippen molar-refractivity contribution in [3.63, 3.8) is 0 Å². The van der Waals surface area contributed by atoms with Crippen LogP contribution in [0.15, 0.2) is 0 Å². The number of terminal acetylenes is 1. The Hall–Kier alpha value is -0.520. The molecule has 4 rings (SSSR count). The molecule has 4 aliphatic carbocycles. The summed E-state index contributed by atoms with van der Waals surface area (Å²) < 4.78 is 0. The normalized spacial score (nSPS) is 57.4. The molecule has 0 aliphatic heterocycles. The minimum absolute atomic E-state index is 0.0512. The molecule has 4 saturated carbocycles. The summed E-state index contributed by atoms with van der Waals surface area (Å²) in [6.07, 6.45) is 15.7. The first kappa shape index (κ1) is 15.0. The number of aliphatic hydroxyl groups excluding tert-OH is 1. The molecule has 2 heteroatoms. The van der Waals surface area contributed by atoms with Gasteiger partial charge < -0.3 is 10.2 Å². The Kier molecular flexibility index (Phi) is 3.41. The second kappa shape index (κ2) is 4.99. The van der Waals surface area contributed by atoms with Crippen LogP contribution in [0.1, 0.15) is 64.7 Å². The van der Waals surface area contributed by atoms with Gasteiger partial charge >= 0.3 is 0 Å². The van der Waals surface area contributed by atoms with Crippen LogP contribution >= 0.6 is 0 Å². The molecule has 0 aromatic carbocycles. The van der Waals surface area contributed by atoms with Gasteiger partial charge in [-0.2, -0.15) is 0 Å². The summed E-state index contributed by atoms with van der Waals surface area (Å²) in [6.45, 7) is 2.26. The summed E-state index contributed by atoms with van der Waals surface area (Å²) in [6, 6.07) is 0. The van der Waals surface area contributed by atoms with Crippen LogP contribution in [-0.4, -0.2) is 21.9 Å². The van der Waals surface area contributed by atoms with Gasteiger partial charge in [0.2, 0.25) is 0 Å². The van der Waals surface area contributed by atoms with E-state index in [1.54, 1.807) is 0 Å². The number of hydrogen-bond acceptors (Lipinski definition) is 2. The maximum Gasteiger partial charge on any atom is 0.130 e. The molecule has 0 radical (unpaired) electrons. The Balaban J connectivity index is 1.60. The highest BCUT2D eigenvalue weighted by molar-refractivity contribution is 5.23. The van der Waals surface area contributed by atoms with Crippen LogP contribution < -0.4 is 0 Å². The van der Waals surface area contributed by atoms with Gasteiger partial charge in [0.05, 0.1) is 6.10 Å². The molecule has 0 aromatic rings. The SMILES string of the molecule is C#C[C@]1(O)CC[C@H]2[C@@H]3CCC4C[C@@H](O)CC[C@@H]4[C@H]3CC[C@@]21C. The molecular formula is C20H30O2. The Morgan fingerprint density at radius 3 is 2.50 bits per heavy atom. The Labute approximate surface area is 134 Å². The van der Waals surface area contributed by atoms with Crippen LogP contribution in [0.4, 0.5) is 0 Å². The predicted octanol–water partition coefficient (Wildman–Crippen LogP) is 3.36. The van der Waals surface area contributed by atoms with Crippen LogP contribution in [-0.2, 0) is 0 Å². The van der Waals surface area contributed by atoms with E-state index in [0.29, 0.717) is 5.92 Å². The van der Waals surface area contributed by atoms with E-state index in [1.807, 2.05) is 0 Å². The molecule has 0 bridgehead atoms. The number of aliphatic hydroxyl groups is 2. The van der Waals surface area contributed by atoms with Crippen molar-refractivity contribution >= 4 is 0 Å². The van der Waals surface area contributed by atoms with Crippen molar-refractivity contribution in [2.45, 2.75) is 76.4 Å². The smallest absolute Gasteiger partial charge is 0.130 e. The summed E-state index contributed by atoms with van der Waals surface area (Å²) >= 11 is 0. The van der Waals surface area contributed by atoms with Gasteiger partial charge in [-0.3, -0.25) is 0 Å². The first-order chi connectivity index (χ1) is 10.5. The molecule has 0 amide bonds. The van der Waals surface area contributed by atoms with E-state index in [1.165, 1.54) is 25.7 Å². The summed E-state index contributed by atoms with van der Waals surface area (Å²) in [4.78, 5) is 0. The molecular weight excluding hydrogens is 272 g/mol. The maximum absolute atomic E-state index is 10.9. The molecule has 22 heavy (non-hydrogen) atoms. The lowest BCUT2D eigenvalue weighted by Crippen LogP contribution is -2.53. The summed E-state index contributed by atoms with van der Waals surface area (Å²) in [5.74, 6) is 6.53. The van der Waals surface area contributed by atoms with Crippen molar-refractivity contribution in [1.29, 1.82) is 0 Å². The first-order valence-corrected chi connectivity index (χ1v) is 9.37. The zero-order valence-corrected chi connectivity index (χ0v) is 13.8. The Bertz CT molecular complexity index is 494. The third-order valence-electron chi connectivity index (χ3n) is 8.32. The van der Waals surface area contributed by atoms with Crippen LogP contribution in [0.2, 0.25) is 0 Å². The second-order valence-electron chi connectivity index (χ2n) is 8.90. The van der Waals surface area contributed by atoms with E-state index >= 15 is 0 Å². The van der Waals surface area contributed by atoms with Crippen molar-refractivity contribution in [2.75, 3.05) is 0 Å². The molecule has 0 aromatic heterocycles. The molecule has 0 saturated heterocycles. The standard InChI is InChI=1S/C20H30O2/c1-3-20(22)11-9-18-17-6-4-13-12-14(21)5-7-15(13)16(17)8-10-19(18,20)2/h1,13-18,21-22H,4-12H2,2H3/t13?,14-,15-,16+,17+,18-,19-,20-/m0/s1. The van der Waals surface area contributed by atoms with E-state index in [2.05, 4.69) is 12.8 Å². The van der Waals surface area contributed by atoms with Gasteiger partial charge in [0, 0.05) is 5.41 Å². The van der Waals surface area contributed by atoms with E-state index in [-0.39, 0.29) is 11.5 Å². The zero-order chi connectivity index (χ0) is 15.5. The van der Waals surface area contributed by atoms with Crippen molar-refractivity contribution in [2.24, 2.45) is 35.0 Å². The van der Waals surface area contributed by atoms with Gasteiger partial charge in [-0.15, -0.1) is 6.42 Å². The average molecular weight is 302 g/mol. The van der Waals surface area contributed by atoms with Gasteiger partial charge in [-0.05, 0) is 87.4 Å². The summed E-state index contributed by atoms with van der Waals surface area (Å²) in [5.41, 5.74) is -0.938. The largest absolute Gasteiger partial charge is 0.393 e. The molecule has 0 spiro atoms. The van der Waals surface area contributed by atoms with Gasteiger partial charge in [-0.25, -0.2) is 0 Å². The molecule has 4 fully saturated rings. The van der Waals surface area contributed by atoms with Crippen LogP contribution in [0, 0.1) is 47.3 Å². The Morgan fingerprint density at radius 2 is 1.73 bits per heavy atom. The van der Waals surface area contributed by atoms with Crippen molar-refractivity contribution in [3.8, 4) is 12.3 Å². The van der Waals surface area contributed by atoms with Crippen LogP contribution in [0.25, 0.3) is 0 Å². The monoisotopic (exact) mass is 302 g/mol.